The molecule has 0 aliphatic carbocycles. The maximum Gasteiger partial charge on any atom is 0.238 e. The number of rotatable bonds is 8. The number of ether oxygens (including phenoxy) is 1. The summed E-state index contributed by atoms with van der Waals surface area (Å²) in [5.74, 6) is 0.996. The Morgan fingerprint density at radius 2 is 2.03 bits per heavy atom. The number of aldehydes is 1. The third kappa shape index (κ3) is 6.75. The van der Waals surface area contributed by atoms with E-state index in [0.29, 0.717) is 23.6 Å². The number of benzene rings is 1. The zero-order valence-electron chi connectivity index (χ0n) is 20.7. The molecule has 9 heteroatoms. The van der Waals surface area contributed by atoms with Crippen LogP contribution in [0, 0.1) is 13.8 Å². The summed E-state index contributed by atoms with van der Waals surface area (Å²) in [4.78, 5) is 27.7. The smallest absolute Gasteiger partial charge is 0.238 e. The van der Waals surface area contributed by atoms with Crippen molar-refractivity contribution in [1.82, 2.24) is 9.97 Å². The van der Waals surface area contributed by atoms with Gasteiger partial charge in [0.25, 0.3) is 0 Å². The van der Waals surface area contributed by atoms with Crippen LogP contribution in [0.25, 0.3) is 11.3 Å². The van der Waals surface area contributed by atoms with Crippen LogP contribution < -0.4 is 4.90 Å². The number of allylic oxidation sites excluding steroid dienone is 1. The van der Waals surface area contributed by atoms with Crippen LogP contribution in [0.3, 0.4) is 0 Å². The van der Waals surface area contributed by atoms with E-state index in [1.165, 1.54) is 4.88 Å². The summed E-state index contributed by atoms with van der Waals surface area (Å²) in [6, 6.07) is 9.77. The molecule has 1 aromatic carbocycles. The lowest BCUT2D eigenvalue weighted by molar-refractivity contribution is -0.104. The minimum Gasteiger partial charge on any atom is -0.472 e. The summed E-state index contributed by atoms with van der Waals surface area (Å²) < 4.78 is 5.79. The minimum atomic E-state index is -1.15. The largest absolute Gasteiger partial charge is 0.472 e. The van der Waals surface area contributed by atoms with Gasteiger partial charge < -0.3 is 14.7 Å². The van der Waals surface area contributed by atoms with Gasteiger partial charge in [0.05, 0.1) is 5.69 Å². The lowest BCUT2D eigenvalue weighted by Crippen LogP contribution is -2.24. The molecule has 3 rings (SSSR count). The van der Waals surface area contributed by atoms with Gasteiger partial charge in [-0.1, -0.05) is 23.7 Å². The highest BCUT2D eigenvalue weighted by Gasteiger charge is 2.20. The first-order chi connectivity index (χ1) is 16.5. The van der Waals surface area contributed by atoms with Crippen molar-refractivity contribution >= 4 is 40.7 Å². The zero-order valence-corrected chi connectivity index (χ0v) is 22.2. The van der Waals surface area contributed by atoms with Gasteiger partial charge in [0.2, 0.25) is 5.88 Å². The first kappa shape index (κ1) is 26.5. The van der Waals surface area contributed by atoms with Crippen LogP contribution in [-0.4, -0.2) is 34.2 Å². The predicted octanol–water partition coefficient (Wildman–Crippen LogP) is 5.73. The van der Waals surface area contributed by atoms with Gasteiger partial charge in [-0.05, 0) is 63.8 Å². The molecule has 0 amide bonds. The monoisotopic (exact) mass is 512 g/mol. The number of hydrogen-bond donors (Lipinski definition) is 1. The Labute approximate surface area is 214 Å². The van der Waals surface area contributed by atoms with Crippen LogP contribution in [0.2, 0.25) is 0 Å². The van der Waals surface area contributed by atoms with E-state index in [4.69, 9.17) is 16.3 Å². The molecule has 35 heavy (non-hydrogen) atoms. The van der Waals surface area contributed by atoms with E-state index < -0.39 is 5.60 Å². The number of carbonyl (C=O) groups is 1. The van der Waals surface area contributed by atoms with Crippen LogP contribution >= 0.6 is 22.9 Å². The molecule has 0 fully saturated rings. The standard InChI is InChI=1S/C26H29ClN4O3S/c1-16-7-8-20(22-9-10-28-25(30-22)26(4,5)33)12-23(16)31(6)18(3)29-24(21(27)13-32)34-14-19-11-17(2)35-15-19/h7-13,15,33H,14H2,1-6H3/b24-21-,29-18-. The molecule has 0 spiro atoms. The Morgan fingerprint density at radius 3 is 2.66 bits per heavy atom. The summed E-state index contributed by atoms with van der Waals surface area (Å²) in [5.41, 5.74) is 3.31. The quantitative estimate of drug-likeness (QED) is 0.136. The van der Waals surface area contributed by atoms with Crippen molar-refractivity contribution in [3.05, 3.63) is 74.7 Å². The van der Waals surface area contributed by atoms with Crippen molar-refractivity contribution in [3.63, 3.8) is 0 Å². The van der Waals surface area contributed by atoms with Crippen molar-refractivity contribution in [2.45, 2.75) is 46.8 Å². The molecule has 2 aromatic heterocycles. The predicted molar refractivity (Wildman–Crippen MR) is 142 cm³/mol. The van der Waals surface area contributed by atoms with Crippen LogP contribution in [0.5, 0.6) is 0 Å². The lowest BCUT2D eigenvalue weighted by atomic mass is 10.1. The normalized spacial score (nSPS) is 12.9. The number of carbonyl (C=O) groups excluding carboxylic acids is 1. The number of thiophene rings is 1. The Kier molecular flexibility index (Phi) is 8.43. The molecule has 2 heterocycles. The van der Waals surface area contributed by atoms with Crippen molar-refractivity contribution in [2.24, 2.45) is 4.99 Å². The summed E-state index contributed by atoms with van der Waals surface area (Å²) in [6.45, 7) is 9.39. The summed E-state index contributed by atoms with van der Waals surface area (Å²) in [7, 11) is 1.88. The van der Waals surface area contributed by atoms with Gasteiger partial charge >= 0.3 is 0 Å². The molecule has 0 atom stereocenters. The maximum atomic E-state index is 11.4. The van der Waals surface area contributed by atoms with Crippen molar-refractivity contribution in [1.29, 1.82) is 0 Å². The summed E-state index contributed by atoms with van der Waals surface area (Å²) in [6.07, 6.45) is 2.16. The molecular weight excluding hydrogens is 484 g/mol. The molecule has 0 saturated carbocycles. The van der Waals surface area contributed by atoms with Crippen LogP contribution in [0.15, 0.2) is 57.8 Å². The van der Waals surface area contributed by atoms with Gasteiger partial charge in [0.1, 0.15) is 23.1 Å². The summed E-state index contributed by atoms with van der Waals surface area (Å²) >= 11 is 7.74. The van der Waals surface area contributed by atoms with Gasteiger partial charge in [-0.15, -0.1) is 11.3 Å². The molecule has 0 unspecified atom stereocenters. The van der Waals surface area contributed by atoms with Crippen molar-refractivity contribution in [3.8, 4) is 11.3 Å². The molecule has 0 radical (unpaired) electrons. The van der Waals surface area contributed by atoms with Gasteiger partial charge in [0.15, 0.2) is 12.1 Å². The Hall–Kier alpha value is -3.07. The van der Waals surface area contributed by atoms with Crippen LogP contribution in [-0.2, 0) is 21.7 Å². The molecule has 3 aromatic rings. The van der Waals surface area contributed by atoms with E-state index >= 15 is 0 Å². The second kappa shape index (κ2) is 11.1. The number of aliphatic hydroxyl groups is 1. The van der Waals surface area contributed by atoms with Gasteiger partial charge in [-0.25, -0.2) is 9.97 Å². The SMILES string of the molecule is C/C(=N/C(OCc1csc(C)c1)=C(/Cl)C=O)N(C)c1cc(-c2ccnc(C(C)(C)O)n2)ccc1C. The fourth-order valence-electron chi connectivity index (χ4n) is 3.27. The van der Waals surface area contributed by atoms with E-state index in [0.717, 1.165) is 22.4 Å². The molecule has 0 bridgehead atoms. The second-order valence-corrected chi connectivity index (χ2v) is 10.2. The zero-order chi connectivity index (χ0) is 25.8. The average Bonchev–Trinajstić information content (AvgIpc) is 3.25. The van der Waals surface area contributed by atoms with E-state index in [9.17, 15) is 9.90 Å². The molecule has 0 aliphatic heterocycles. The van der Waals surface area contributed by atoms with E-state index in [1.807, 2.05) is 62.4 Å². The topological polar surface area (TPSA) is 87.9 Å². The van der Waals surface area contributed by atoms with Gasteiger partial charge in [-0.2, -0.15) is 4.99 Å². The first-order valence-electron chi connectivity index (χ1n) is 11.0. The first-order valence-corrected chi connectivity index (χ1v) is 12.2. The summed E-state index contributed by atoms with van der Waals surface area (Å²) in [5, 5.41) is 12.2. The number of anilines is 1. The van der Waals surface area contributed by atoms with Gasteiger partial charge in [-0.3, -0.25) is 4.79 Å². The number of nitrogens with zero attached hydrogens (tertiary/aromatic N) is 4. The fourth-order valence-corrected chi connectivity index (χ4v) is 4.06. The van der Waals surface area contributed by atoms with Crippen LogP contribution in [0.1, 0.15) is 42.6 Å². The minimum absolute atomic E-state index is 0.0642. The molecule has 1 N–H and O–H groups in total. The molecule has 0 aliphatic rings. The van der Waals surface area contributed by atoms with Crippen molar-refractivity contribution in [2.75, 3.05) is 11.9 Å². The molecular formula is C26H29ClN4O3S. The van der Waals surface area contributed by atoms with E-state index in [-0.39, 0.29) is 17.5 Å². The Morgan fingerprint density at radius 1 is 1.29 bits per heavy atom. The fraction of sp³-hybridized carbons (Fsp3) is 0.308. The number of aromatic nitrogens is 2. The average molecular weight is 513 g/mol. The number of aryl methyl sites for hydroxylation is 2. The maximum absolute atomic E-state index is 11.4. The molecule has 184 valence electrons. The third-order valence-electron chi connectivity index (χ3n) is 5.29. The van der Waals surface area contributed by atoms with Crippen molar-refractivity contribution < 1.29 is 14.6 Å². The number of halogens is 1. The number of hydrogen-bond acceptors (Lipinski definition) is 7. The highest BCUT2D eigenvalue weighted by Crippen LogP contribution is 2.28. The lowest BCUT2D eigenvalue weighted by Gasteiger charge is -2.22. The molecule has 0 saturated heterocycles. The van der Waals surface area contributed by atoms with E-state index in [1.54, 1.807) is 37.4 Å². The van der Waals surface area contributed by atoms with Crippen LogP contribution in [0.4, 0.5) is 5.69 Å². The third-order valence-corrected chi connectivity index (χ3v) is 6.45. The molecule has 7 nitrogen and oxygen atoms in total. The highest BCUT2D eigenvalue weighted by atomic mass is 35.5. The Balaban J connectivity index is 1.90. The highest BCUT2D eigenvalue weighted by molar-refractivity contribution is 7.10. The van der Waals surface area contributed by atoms with Gasteiger partial charge in [0, 0.05) is 34.9 Å². The number of amidine groups is 1. The Bertz CT molecular complexity index is 1280. The number of aliphatic imine (C=N–C) groups is 1. The second-order valence-electron chi connectivity index (χ2n) is 8.67. The van der Waals surface area contributed by atoms with E-state index in [2.05, 4.69) is 15.0 Å².